The van der Waals surface area contributed by atoms with Gasteiger partial charge in [-0.15, -0.1) is 0 Å². The average Bonchev–Trinajstić information content (AvgIpc) is 2.99. The molecule has 5 nitrogen and oxygen atoms in total. The molecule has 23 heavy (non-hydrogen) atoms. The molecule has 124 valence electrons. The maximum atomic E-state index is 11.9. The first-order valence-corrected chi connectivity index (χ1v) is 8.08. The summed E-state index contributed by atoms with van der Waals surface area (Å²) < 4.78 is 6.68. The van der Waals surface area contributed by atoms with Crippen molar-refractivity contribution < 1.29 is 14.3 Å². The molecule has 0 atom stereocenters. The van der Waals surface area contributed by atoms with E-state index in [1.807, 2.05) is 18.3 Å². The van der Waals surface area contributed by atoms with Gasteiger partial charge in [-0.25, -0.2) is 0 Å². The molecule has 0 aliphatic carbocycles. The normalized spacial score (nSPS) is 10.7. The highest BCUT2D eigenvalue weighted by Crippen LogP contribution is 2.15. The van der Waals surface area contributed by atoms with Crippen molar-refractivity contribution in [2.45, 2.75) is 38.6 Å². The van der Waals surface area contributed by atoms with Gasteiger partial charge in [0, 0.05) is 37.6 Å². The van der Waals surface area contributed by atoms with Crippen LogP contribution in [0.15, 0.2) is 36.5 Å². The standard InChI is InChI=1S/C18H24N2O3/c1-23-18(22)9-3-2-6-12-19-17(21)11-14-20-13-10-15-7-4-5-8-16(15)20/h4-5,7-8,10,13H,2-3,6,9,11-12,14H2,1H3,(H,19,21). The van der Waals surface area contributed by atoms with Crippen LogP contribution in [-0.2, 0) is 20.9 Å². The van der Waals surface area contributed by atoms with Crippen molar-refractivity contribution in [1.82, 2.24) is 9.88 Å². The van der Waals surface area contributed by atoms with E-state index in [0.717, 1.165) is 24.8 Å². The van der Waals surface area contributed by atoms with Gasteiger partial charge < -0.3 is 14.6 Å². The molecule has 0 bridgehead atoms. The molecule has 0 aliphatic rings. The maximum absolute atomic E-state index is 11.9. The van der Waals surface area contributed by atoms with Crippen LogP contribution in [0.3, 0.4) is 0 Å². The third-order valence-corrected chi connectivity index (χ3v) is 3.87. The van der Waals surface area contributed by atoms with E-state index in [4.69, 9.17) is 0 Å². The molecule has 0 spiro atoms. The molecule has 2 rings (SSSR count). The van der Waals surface area contributed by atoms with Gasteiger partial charge in [-0.1, -0.05) is 24.6 Å². The lowest BCUT2D eigenvalue weighted by atomic mass is 10.2. The quantitative estimate of drug-likeness (QED) is 0.571. The molecule has 0 aliphatic heterocycles. The van der Waals surface area contributed by atoms with Crippen LogP contribution in [0, 0.1) is 0 Å². The third-order valence-electron chi connectivity index (χ3n) is 3.87. The number of para-hydroxylation sites is 1. The highest BCUT2D eigenvalue weighted by Gasteiger charge is 2.04. The minimum absolute atomic E-state index is 0.0655. The van der Waals surface area contributed by atoms with E-state index < -0.39 is 0 Å². The molecule has 2 aromatic rings. The number of nitrogens with one attached hydrogen (secondary N) is 1. The summed E-state index contributed by atoms with van der Waals surface area (Å²) in [5.41, 5.74) is 1.16. The number of aromatic nitrogens is 1. The first-order valence-electron chi connectivity index (χ1n) is 8.08. The Bertz CT molecular complexity index is 649. The topological polar surface area (TPSA) is 60.3 Å². The number of unbranched alkanes of at least 4 members (excludes halogenated alkanes) is 2. The van der Waals surface area contributed by atoms with E-state index in [-0.39, 0.29) is 11.9 Å². The molecule has 0 saturated heterocycles. The van der Waals surface area contributed by atoms with Crippen molar-refractivity contribution in [3.8, 4) is 0 Å². The maximum Gasteiger partial charge on any atom is 0.305 e. The van der Waals surface area contributed by atoms with Gasteiger partial charge in [0.05, 0.1) is 7.11 Å². The predicted molar refractivity (Wildman–Crippen MR) is 90.0 cm³/mol. The third kappa shape index (κ3) is 5.43. The Balaban J connectivity index is 1.61. The Labute approximate surface area is 136 Å². The van der Waals surface area contributed by atoms with Crippen LogP contribution in [0.1, 0.15) is 32.1 Å². The number of rotatable bonds is 9. The van der Waals surface area contributed by atoms with Crippen LogP contribution in [0.5, 0.6) is 0 Å². The fourth-order valence-electron chi connectivity index (χ4n) is 2.55. The number of ether oxygens (including phenoxy) is 1. The SMILES string of the molecule is COC(=O)CCCCCNC(=O)CCn1ccc2ccccc21. The predicted octanol–water partition coefficient (Wildman–Crippen LogP) is 2.88. The molecular weight excluding hydrogens is 292 g/mol. The largest absolute Gasteiger partial charge is 0.469 e. The van der Waals surface area contributed by atoms with Gasteiger partial charge in [0.15, 0.2) is 0 Å². The monoisotopic (exact) mass is 316 g/mol. The summed E-state index contributed by atoms with van der Waals surface area (Å²) in [5, 5.41) is 4.12. The van der Waals surface area contributed by atoms with Crippen LogP contribution >= 0.6 is 0 Å². The number of carbonyl (C=O) groups is 2. The lowest BCUT2D eigenvalue weighted by Crippen LogP contribution is -2.25. The summed E-state index contributed by atoms with van der Waals surface area (Å²) in [7, 11) is 1.40. The zero-order valence-electron chi connectivity index (χ0n) is 13.6. The fraction of sp³-hybridized carbons (Fsp3) is 0.444. The van der Waals surface area contributed by atoms with Gasteiger partial charge in [0.2, 0.25) is 5.91 Å². The zero-order chi connectivity index (χ0) is 16.5. The summed E-state index contributed by atoms with van der Waals surface area (Å²) in [4.78, 5) is 22.8. The number of benzene rings is 1. The van der Waals surface area contributed by atoms with Crippen LogP contribution in [-0.4, -0.2) is 30.1 Å². The molecule has 5 heteroatoms. The van der Waals surface area contributed by atoms with Crippen LogP contribution in [0.2, 0.25) is 0 Å². The van der Waals surface area contributed by atoms with Crippen molar-refractivity contribution >= 4 is 22.8 Å². The zero-order valence-corrected chi connectivity index (χ0v) is 13.6. The van der Waals surface area contributed by atoms with E-state index in [2.05, 4.69) is 32.8 Å². The number of carbonyl (C=O) groups excluding carboxylic acids is 2. The molecule has 1 N–H and O–H groups in total. The smallest absolute Gasteiger partial charge is 0.305 e. The second-order valence-electron chi connectivity index (χ2n) is 5.55. The minimum atomic E-state index is -0.173. The van der Waals surface area contributed by atoms with Gasteiger partial charge in [-0.3, -0.25) is 9.59 Å². The lowest BCUT2D eigenvalue weighted by molar-refractivity contribution is -0.140. The van der Waals surface area contributed by atoms with Crippen LogP contribution in [0.25, 0.3) is 10.9 Å². The number of hydrogen-bond donors (Lipinski definition) is 1. The summed E-state index contributed by atoms with van der Waals surface area (Å²) in [5.74, 6) is -0.108. The van der Waals surface area contributed by atoms with E-state index in [1.165, 1.54) is 12.5 Å². The Morgan fingerprint density at radius 1 is 1.09 bits per heavy atom. The first kappa shape index (κ1) is 17.1. The number of amides is 1. The van der Waals surface area contributed by atoms with Gasteiger partial charge in [0.25, 0.3) is 0 Å². The van der Waals surface area contributed by atoms with E-state index in [0.29, 0.717) is 25.9 Å². The second-order valence-corrected chi connectivity index (χ2v) is 5.55. The van der Waals surface area contributed by atoms with E-state index in [1.54, 1.807) is 0 Å². The average molecular weight is 316 g/mol. The van der Waals surface area contributed by atoms with E-state index >= 15 is 0 Å². The van der Waals surface area contributed by atoms with Crippen molar-refractivity contribution in [3.05, 3.63) is 36.5 Å². The molecule has 1 heterocycles. The molecule has 1 aromatic carbocycles. The number of fused-ring (bicyclic) bond motifs is 1. The molecule has 0 radical (unpaired) electrons. The number of methoxy groups -OCH3 is 1. The first-order chi connectivity index (χ1) is 11.2. The van der Waals surface area contributed by atoms with Gasteiger partial charge >= 0.3 is 5.97 Å². The minimum Gasteiger partial charge on any atom is -0.469 e. The molecule has 0 saturated carbocycles. The summed E-state index contributed by atoms with van der Waals surface area (Å²) in [6, 6.07) is 10.2. The molecule has 1 amide bonds. The van der Waals surface area contributed by atoms with Gasteiger partial charge in [0.1, 0.15) is 0 Å². The molecular formula is C18H24N2O3. The summed E-state index contributed by atoms with van der Waals surface area (Å²) in [6.07, 6.45) is 5.54. The van der Waals surface area contributed by atoms with Crippen LogP contribution < -0.4 is 5.32 Å². The molecule has 0 unspecified atom stereocenters. The summed E-state index contributed by atoms with van der Waals surface area (Å²) in [6.45, 7) is 1.34. The van der Waals surface area contributed by atoms with Gasteiger partial charge in [-0.2, -0.15) is 0 Å². The summed E-state index contributed by atoms with van der Waals surface area (Å²) >= 11 is 0. The Kier molecular flexibility index (Phi) is 6.66. The van der Waals surface area contributed by atoms with E-state index in [9.17, 15) is 9.59 Å². The number of hydrogen-bond acceptors (Lipinski definition) is 3. The Hall–Kier alpha value is -2.30. The second kappa shape index (κ2) is 8.98. The van der Waals surface area contributed by atoms with Crippen molar-refractivity contribution in [1.29, 1.82) is 0 Å². The van der Waals surface area contributed by atoms with Crippen LogP contribution in [0.4, 0.5) is 0 Å². The Morgan fingerprint density at radius 2 is 1.91 bits per heavy atom. The molecule has 1 aromatic heterocycles. The van der Waals surface area contributed by atoms with Gasteiger partial charge in [-0.05, 0) is 30.4 Å². The highest BCUT2D eigenvalue weighted by molar-refractivity contribution is 5.80. The lowest BCUT2D eigenvalue weighted by Gasteiger charge is -2.07. The molecule has 0 fully saturated rings. The van der Waals surface area contributed by atoms with Crippen molar-refractivity contribution in [2.24, 2.45) is 0 Å². The fourth-order valence-corrected chi connectivity index (χ4v) is 2.55. The van der Waals surface area contributed by atoms with Crippen molar-refractivity contribution in [3.63, 3.8) is 0 Å². The Morgan fingerprint density at radius 3 is 2.74 bits per heavy atom. The number of esters is 1. The number of aryl methyl sites for hydroxylation is 1. The number of nitrogens with zero attached hydrogens (tertiary/aromatic N) is 1. The highest BCUT2D eigenvalue weighted by atomic mass is 16.5. The van der Waals surface area contributed by atoms with Crippen molar-refractivity contribution in [2.75, 3.05) is 13.7 Å².